The van der Waals surface area contributed by atoms with Gasteiger partial charge in [0.15, 0.2) is 0 Å². The first-order valence-corrected chi connectivity index (χ1v) is 7.72. The van der Waals surface area contributed by atoms with Crippen molar-refractivity contribution >= 4 is 53.7 Å². The Balaban J connectivity index is 2.50. The predicted molar refractivity (Wildman–Crippen MR) is 71.4 cm³/mol. The molecule has 15 heavy (non-hydrogen) atoms. The van der Waals surface area contributed by atoms with Gasteiger partial charge < -0.3 is 5.73 Å². The van der Waals surface area contributed by atoms with E-state index in [1.54, 1.807) is 0 Å². The minimum absolute atomic E-state index is 0.0579. The van der Waals surface area contributed by atoms with Crippen molar-refractivity contribution in [3.63, 3.8) is 0 Å². The molecular formula is C10H14Br3NO. The number of carbonyl (C=O) groups is 1. The van der Waals surface area contributed by atoms with Crippen LogP contribution in [0.25, 0.3) is 0 Å². The third-order valence-corrected chi connectivity index (χ3v) is 8.16. The number of amides is 1. The van der Waals surface area contributed by atoms with Gasteiger partial charge in [-0.3, -0.25) is 4.79 Å². The standard InChI is InChI=1S/C10H14Br3NO/c1-8(2)9(6(12)13)3-4-10(8,5(9)11)7(14)15/h5-6H,3-4H2,1-2H3,(H2,14,15)/t5-,9-,10+/m0/s1. The molecule has 0 saturated heterocycles. The maximum Gasteiger partial charge on any atom is 0.225 e. The smallest absolute Gasteiger partial charge is 0.225 e. The van der Waals surface area contributed by atoms with E-state index in [1.807, 2.05) is 0 Å². The van der Waals surface area contributed by atoms with Crippen molar-refractivity contribution in [3.8, 4) is 0 Å². The van der Waals surface area contributed by atoms with E-state index in [4.69, 9.17) is 5.73 Å². The van der Waals surface area contributed by atoms with E-state index in [0.29, 0.717) is 0 Å². The predicted octanol–water partition coefficient (Wildman–Crippen LogP) is 3.16. The second-order valence-corrected chi connectivity index (χ2v) is 9.14. The van der Waals surface area contributed by atoms with Gasteiger partial charge in [-0.1, -0.05) is 61.6 Å². The molecule has 5 heteroatoms. The van der Waals surface area contributed by atoms with Crippen molar-refractivity contribution in [2.24, 2.45) is 22.0 Å². The van der Waals surface area contributed by atoms with Crippen LogP contribution in [0.3, 0.4) is 0 Å². The lowest BCUT2D eigenvalue weighted by Gasteiger charge is -2.65. The van der Waals surface area contributed by atoms with Crippen molar-refractivity contribution in [2.45, 2.75) is 35.3 Å². The van der Waals surface area contributed by atoms with E-state index in [0.717, 1.165) is 12.8 Å². The van der Waals surface area contributed by atoms with Crippen LogP contribution in [0.4, 0.5) is 0 Å². The highest BCUT2D eigenvalue weighted by atomic mass is 79.9. The number of primary amides is 1. The molecule has 3 rings (SSSR count). The Hall–Kier alpha value is 0.910. The van der Waals surface area contributed by atoms with Gasteiger partial charge in [0.2, 0.25) is 5.91 Å². The third kappa shape index (κ3) is 0.998. The fourth-order valence-corrected chi connectivity index (χ4v) is 8.67. The molecule has 1 amide bonds. The van der Waals surface area contributed by atoms with Crippen molar-refractivity contribution in [3.05, 3.63) is 0 Å². The Morgan fingerprint density at radius 1 is 1.40 bits per heavy atom. The molecule has 3 aliphatic carbocycles. The molecule has 2 bridgehead atoms. The molecule has 0 heterocycles. The van der Waals surface area contributed by atoms with Gasteiger partial charge in [0, 0.05) is 10.2 Å². The van der Waals surface area contributed by atoms with Gasteiger partial charge >= 0.3 is 0 Å². The summed E-state index contributed by atoms with van der Waals surface area (Å²) in [5, 5.41) is 0. The molecule has 0 aliphatic heterocycles. The van der Waals surface area contributed by atoms with Gasteiger partial charge in [-0.2, -0.15) is 0 Å². The van der Waals surface area contributed by atoms with Gasteiger partial charge in [0.1, 0.15) is 0 Å². The molecule has 86 valence electrons. The third-order valence-electron chi connectivity index (χ3n) is 4.93. The van der Waals surface area contributed by atoms with Crippen LogP contribution in [0.5, 0.6) is 0 Å². The molecule has 0 aromatic rings. The van der Waals surface area contributed by atoms with Crippen LogP contribution < -0.4 is 5.73 Å². The zero-order valence-corrected chi connectivity index (χ0v) is 13.4. The van der Waals surface area contributed by atoms with E-state index < -0.39 is 0 Å². The highest BCUT2D eigenvalue weighted by molar-refractivity contribution is 9.24. The Bertz CT molecular complexity index is 331. The lowest BCUT2D eigenvalue weighted by molar-refractivity contribution is -0.158. The van der Waals surface area contributed by atoms with Crippen molar-refractivity contribution < 1.29 is 4.79 Å². The molecule has 0 unspecified atom stereocenters. The average molecular weight is 404 g/mol. The van der Waals surface area contributed by atoms with Gasteiger partial charge in [-0.15, -0.1) is 0 Å². The minimum Gasteiger partial charge on any atom is -0.369 e. The Labute approximate surface area is 115 Å². The Kier molecular flexibility index (Phi) is 2.66. The van der Waals surface area contributed by atoms with Gasteiger partial charge in [-0.05, 0) is 18.3 Å². The monoisotopic (exact) mass is 401 g/mol. The number of alkyl halides is 3. The van der Waals surface area contributed by atoms with Crippen LogP contribution in [0.15, 0.2) is 0 Å². The highest BCUT2D eigenvalue weighted by Crippen LogP contribution is 2.82. The summed E-state index contributed by atoms with van der Waals surface area (Å²) in [7, 11) is 0. The first kappa shape index (κ1) is 12.4. The molecule has 0 aromatic heterocycles. The number of hydrogen-bond donors (Lipinski definition) is 1. The lowest BCUT2D eigenvalue weighted by Crippen LogP contribution is -2.71. The van der Waals surface area contributed by atoms with E-state index in [-0.39, 0.29) is 30.7 Å². The van der Waals surface area contributed by atoms with Crippen LogP contribution >= 0.6 is 47.8 Å². The first-order chi connectivity index (χ1) is 6.75. The van der Waals surface area contributed by atoms with E-state index >= 15 is 0 Å². The summed E-state index contributed by atoms with van der Waals surface area (Å²) in [5.41, 5.74) is 5.25. The van der Waals surface area contributed by atoms with Gasteiger partial charge in [0.05, 0.1) is 9.15 Å². The van der Waals surface area contributed by atoms with E-state index in [1.165, 1.54) is 0 Å². The van der Waals surface area contributed by atoms with Crippen LogP contribution in [-0.2, 0) is 4.79 Å². The van der Waals surface area contributed by atoms with Crippen molar-refractivity contribution in [1.29, 1.82) is 0 Å². The number of rotatable bonds is 2. The second-order valence-electron chi connectivity index (χ2n) is 5.16. The average Bonchev–Trinajstić information content (AvgIpc) is 2.53. The normalized spacial score (nSPS) is 46.7. The molecule has 0 aromatic carbocycles. The minimum atomic E-state index is -0.368. The fourth-order valence-electron chi connectivity index (χ4n) is 3.74. The molecule has 0 radical (unpaired) electrons. The highest BCUT2D eigenvalue weighted by Gasteiger charge is 2.82. The number of nitrogens with two attached hydrogens (primary N) is 1. The molecule has 3 atom stereocenters. The first-order valence-electron chi connectivity index (χ1n) is 4.97. The molecule has 3 aliphatic rings. The topological polar surface area (TPSA) is 43.1 Å². The fraction of sp³-hybridized carbons (Fsp3) is 0.900. The Morgan fingerprint density at radius 2 is 1.93 bits per heavy atom. The van der Waals surface area contributed by atoms with E-state index in [9.17, 15) is 4.79 Å². The van der Waals surface area contributed by atoms with Crippen molar-refractivity contribution in [2.75, 3.05) is 0 Å². The molecule has 3 saturated carbocycles. The maximum absolute atomic E-state index is 11.7. The number of hydrogen-bond acceptors (Lipinski definition) is 1. The second kappa shape index (κ2) is 3.22. The summed E-state index contributed by atoms with van der Waals surface area (Å²) < 4.78 is 0.215. The number of halogens is 3. The van der Waals surface area contributed by atoms with Gasteiger partial charge in [0.25, 0.3) is 0 Å². The van der Waals surface area contributed by atoms with Crippen LogP contribution in [0, 0.1) is 16.2 Å². The molecule has 2 N–H and O–H groups in total. The molecule has 2 nitrogen and oxygen atoms in total. The zero-order chi connectivity index (χ0) is 11.6. The molecule has 3 fully saturated rings. The quantitative estimate of drug-likeness (QED) is 0.707. The van der Waals surface area contributed by atoms with Crippen LogP contribution in [0.1, 0.15) is 26.7 Å². The van der Waals surface area contributed by atoms with Gasteiger partial charge in [-0.25, -0.2) is 0 Å². The summed E-state index contributed by atoms with van der Waals surface area (Å²) >= 11 is 10.9. The van der Waals surface area contributed by atoms with E-state index in [2.05, 4.69) is 61.6 Å². The summed E-state index contributed by atoms with van der Waals surface area (Å²) in [6.45, 7) is 4.30. The van der Waals surface area contributed by atoms with Crippen LogP contribution in [-0.4, -0.2) is 14.5 Å². The van der Waals surface area contributed by atoms with Crippen LogP contribution in [0.2, 0.25) is 0 Å². The number of fused-ring (bicyclic) bond motifs is 1. The van der Waals surface area contributed by atoms with Crippen molar-refractivity contribution in [1.82, 2.24) is 0 Å². The SMILES string of the molecule is CC1(C)[C@]2(C(N)=O)CC[C@@]1(C(Br)Br)[C@@H]2Br. The largest absolute Gasteiger partial charge is 0.369 e. The molecule has 0 spiro atoms. The summed E-state index contributed by atoms with van der Waals surface area (Å²) in [6, 6.07) is 0. The summed E-state index contributed by atoms with van der Waals surface area (Å²) in [4.78, 5) is 11.9. The summed E-state index contributed by atoms with van der Waals surface area (Å²) in [5.74, 6) is -0.164. The maximum atomic E-state index is 11.7. The number of carbonyl (C=O) groups excluding carboxylic acids is 1. The Morgan fingerprint density at radius 3 is 2.13 bits per heavy atom. The summed E-state index contributed by atoms with van der Waals surface area (Å²) in [6.07, 6.45) is 1.92. The molecular weight excluding hydrogens is 390 g/mol. The zero-order valence-electron chi connectivity index (χ0n) is 8.69. The lowest BCUT2D eigenvalue weighted by atomic mass is 9.43.